The molecule has 1 aliphatic rings. The van der Waals surface area contributed by atoms with Gasteiger partial charge in [-0.1, -0.05) is 69.5 Å². The zero-order chi connectivity index (χ0) is 13.4. The van der Waals surface area contributed by atoms with Crippen LogP contribution in [-0.4, -0.2) is 0 Å². The van der Waals surface area contributed by atoms with Crippen LogP contribution in [0.25, 0.3) is 0 Å². The fourth-order valence-corrected chi connectivity index (χ4v) is 3.72. The first-order chi connectivity index (χ1) is 9.15. The Morgan fingerprint density at radius 3 is 2.16 bits per heavy atom. The molecule has 0 fully saturated rings. The number of alkyl halides is 1. The molecule has 0 saturated heterocycles. The van der Waals surface area contributed by atoms with Gasteiger partial charge in [0.15, 0.2) is 0 Å². The van der Waals surface area contributed by atoms with E-state index in [-0.39, 0.29) is 0 Å². The highest BCUT2D eigenvalue weighted by atomic mass is 79.9. The summed E-state index contributed by atoms with van der Waals surface area (Å²) in [6.45, 7) is 0. The van der Waals surface area contributed by atoms with Crippen LogP contribution < -0.4 is 0 Å². The van der Waals surface area contributed by atoms with E-state index in [0.717, 1.165) is 12.8 Å². The molecule has 1 unspecified atom stereocenters. The summed E-state index contributed by atoms with van der Waals surface area (Å²) in [5, 5.41) is 1.24. The van der Waals surface area contributed by atoms with E-state index >= 15 is 0 Å². The summed E-state index contributed by atoms with van der Waals surface area (Å²) < 4.78 is 0. The highest BCUT2D eigenvalue weighted by molar-refractivity contribution is 9.09. The van der Waals surface area contributed by atoms with Gasteiger partial charge in [-0.25, -0.2) is 0 Å². The Hall–Kier alpha value is -0.500. The summed E-state index contributed by atoms with van der Waals surface area (Å²) in [4.78, 5) is 0.315. The van der Waals surface area contributed by atoms with Crippen molar-refractivity contribution in [2.75, 3.05) is 0 Å². The van der Waals surface area contributed by atoms with Gasteiger partial charge in [-0.05, 0) is 47.6 Å². The summed E-state index contributed by atoms with van der Waals surface area (Å²) in [6, 6.07) is 14.6. The van der Waals surface area contributed by atoms with Gasteiger partial charge in [0.05, 0.1) is 10.0 Å². The molecule has 1 aliphatic carbocycles. The Balaban J connectivity index is 1.82. The molecule has 0 N–H and O–H groups in total. The molecule has 2 aromatic rings. The monoisotopic (exact) mass is 354 g/mol. The van der Waals surface area contributed by atoms with Crippen LogP contribution in [0.1, 0.15) is 21.5 Å². The summed E-state index contributed by atoms with van der Waals surface area (Å²) in [7, 11) is 0. The van der Waals surface area contributed by atoms with Crippen molar-refractivity contribution in [1.29, 1.82) is 0 Å². The van der Waals surface area contributed by atoms with Gasteiger partial charge < -0.3 is 0 Å². The normalized spacial score (nSPS) is 16.4. The lowest BCUT2D eigenvalue weighted by Crippen LogP contribution is -2.07. The number of rotatable bonds is 2. The van der Waals surface area contributed by atoms with E-state index in [1.54, 1.807) is 0 Å². The first-order valence-electron chi connectivity index (χ1n) is 6.31. The molecular formula is C16H13BrCl2. The number of benzene rings is 2. The maximum absolute atomic E-state index is 6.10. The Kier molecular flexibility index (Phi) is 3.88. The quantitative estimate of drug-likeness (QED) is 0.593. The van der Waals surface area contributed by atoms with Crippen molar-refractivity contribution >= 4 is 39.1 Å². The van der Waals surface area contributed by atoms with Crippen molar-refractivity contribution in [2.24, 2.45) is 5.92 Å². The molecule has 0 aliphatic heterocycles. The number of halogens is 3. The zero-order valence-corrected chi connectivity index (χ0v) is 13.3. The second-order valence-electron chi connectivity index (χ2n) is 5.01. The van der Waals surface area contributed by atoms with Gasteiger partial charge in [-0.2, -0.15) is 0 Å². The minimum atomic E-state index is 0.315. The largest absolute Gasteiger partial charge is 0.0835 e. The van der Waals surface area contributed by atoms with E-state index < -0.39 is 0 Å². The molecule has 0 spiro atoms. The Morgan fingerprint density at radius 1 is 0.947 bits per heavy atom. The van der Waals surface area contributed by atoms with Crippen LogP contribution in [0.3, 0.4) is 0 Å². The predicted octanol–water partition coefficient (Wildman–Crippen LogP) is 5.84. The smallest absolute Gasteiger partial charge is 0.0595 e. The highest BCUT2D eigenvalue weighted by Gasteiger charge is 2.28. The lowest BCUT2D eigenvalue weighted by Gasteiger charge is -2.18. The molecule has 2 aromatic carbocycles. The van der Waals surface area contributed by atoms with E-state index in [9.17, 15) is 0 Å². The average Bonchev–Trinajstić information content (AvgIpc) is 2.85. The van der Waals surface area contributed by atoms with Gasteiger partial charge in [0.2, 0.25) is 0 Å². The number of hydrogen-bond donors (Lipinski definition) is 0. The third kappa shape index (κ3) is 2.69. The highest BCUT2D eigenvalue weighted by Crippen LogP contribution is 2.41. The van der Waals surface area contributed by atoms with Gasteiger partial charge in [0, 0.05) is 4.83 Å². The van der Waals surface area contributed by atoms with Crippen LogP contribution in [-0.2, 0) is 12.8 Å². The molecule has 0 aromatic heterocycles. The Bertz CT molecular complexity index is 584. The Labute approximate surface area is 131 Å². The molecule has 0 bridgehead atoms. The lowest BCUT2D eigenvalue weighted by atomic mass is 9.96. The zero-order valence-electron chi connectivity index (χ0n) is 10.2. The van der Waals surface area contributed by atoms with E-state index in [0.29, 0.717) is 20.8 Å². The Morgan fingerprint density at radius 2 is 1.58 bits per heavy atom. The maximum Gasteiger partial charge on any atom is 0.0595 e. The molecular weight excluding hydrogens is 343 g/mol. The molecule has 98 valence electrons. The average molecular weight is 356 g/mol. The minimum Gasteiger partial charge on any atom is -0.0835 e. The molecule has 19 heavy (non-hydrogen) atoms. The summed E-state index contributed by atoms with van der Waals surface area (Å²) in [5.74, 6) is 0.578. The molecule has 3 heteroatoms. The maximum atomic E-state index is 6.10. The second kappa shape index (κ2) is 5.47. The van der Waals surface area contributed by atoms with E-state index in [4.69, 9.17) is 23.2 Å². The van der Waals surface area contributed by atoms with Crippen molar-refractivity contribution in [3.8, 4) is 0 Å². The van der Waals surface area contributed by atoms with Crippen LogP contribution in [0.5, 0.6) is 0 Å². The number of fused-ring (bicyclic) bond motifs is 1. The van der Waals surface area contributed by atoms with Gasteiger partial charge in [0.25, 0.3) is 0 Å². The molecule has 3 rings (SSSR count). The fraction of sp³-hybridized carbons (Fsp3) is 0.250. The predicted molar refractivity (Wildman–Crippen MR) is 85.5 cm³/mol. The molecule has 0 nitrogen and oxygen atoms in total. The van der Waals surface area contributed by atoms with Crippen molar-refractivity contribution in [3.63, 3.8) is 0 Å². The summed E-state index contributed by atoms with van der Waals surface area (Å²) >= 11 is 15.9. The van der Waals surface area contributed by atoms with Crippen LogP contribution >= 0.6 is 39.1 Å². The minimum absolute atomic E-state index is 0.315. The molecule has 0 saturated carbocycles. The van der Waals surface area contributed by atoms with Gasteiger partial charge >= 0.3 is 0 Å². The second-order valence-corrected chi connectivity index (χ2v) is 6.81. The van der Waals surface area contributed by atoms with E-state index in [1.807, 2.05) is 12.1 Å². The van der Waals surface area contributed by atoms with E-state index in [1.165, 1.54) is 16.7 Å². The van der Waals surface area contributed by atoms with Crippen LogP contribution in [0.4, 0.5) is 0 Å². The topological polar surface area (TPSA) is 0 Å². The van der Waals surface area contributed by atoms with Crippen molar-refractivity contribution < 1.29 is 0 Å². The standard InChI is InChI=1S/C16H13BrCl2/c17-16(12-5-6-14(18)15(19)9-12)13-7-10-3-1-2-4-11(10)8-13/h1-6,9,13,16H,7-8H2. The molecule has 0 amide bonds. The van der Waals surface area contributed by atoms with Gasteiger partial charge in [0.1, 0.15) is 0 Å². The van der Waals surface area contributed by atoms with Gasteiger partial charge in [-0.15, -0.1) is 0 Å². The lowest BCUT2D eigenvalue weighted by molar-refractivity contribution is 0.554. The first kappa shape index (κ1) is 13.5. The van der Waals surface area contributed by atoms with E-state index in [2.05, 4.69) is 46.3 Å². The van der Waals surface area contributed by atoms with Crippen molar-refractivity contribution in [1.82, 2.24) is 0 Å². The fourth-order valence-electron chi connectivity index (χ4n) is 2.76. The van der Waals surface area contributed by atoms with Crippen LogP contribution in [0, 0.1) is 5.92 Å². The number of hydrogen-bond acceptors (Lipinski definition) is 0. The molecule has 1 atom stereocenters. The summed E-state index contributed by atoms with van der Waals surface area (Å²) in [5.41, 5.74) is 4.14. The third-order valence-electron chi connectivity index (χ3n) is 3.76. The third-order valence-corrected chi connectivity index (χ3v) is 5.77. The SMILES string of the molecule is Clc1ccc(C(Br)C2Cc3ccccc3C2)cc1Cl. The van der Waals surface area contributed by atoms with Crippen molar-refractivity contribution in [2.45, 2.75) is 17.7 Å². The summed E-state index contributed by atoms with van der Waals surface area (Å²) in [6.07, 6.45) is 2.23. The van der Waals surface area contributed by atoms with Gasteiger partial charge in [-0.3, -0.25) is 0 Å². The van der Waals surface area contributed by atoms with Crippen LogP contribution in [0.2, 0.25) is 10.0 Å². The van der Waals surface area contributed by atoms with Crippen LogP contribution in [0.15, 0.2) is 42.5 Å². The molecule has 0 heterocycles. The molecule has 0 radical (unpaired) electrons. The van der Waals surface area contributed by atoms with Crippen molar-refractivity contribution in [3.05, 3.63) is 69.2 Å². The first-order valence-corrected chi connectivity index (χ1v) is 7.98.